The molecule has 2 N–H and O–H groups in total. The van der Waals surface area contributed by atoms with Crippen molar-refractivity contribution in [1.29, 1.82) is 0 Å². The molecule has 0 spiro atoms. The molecule has 0 aliphatic rings. The maximum absolute atomic E-state index is 8.99. The van der Waals surface area contributed by atoms with Crippen LogP contribution in [0.3, 0.4) is 0 Å². The van der Waals surface area contributed by atoms with E-state index in [-0.39, 0.29) is 5.41 Å². The Morgan fingerprint density at radius 1 is 1.42 bits per heavy atom. The molecular weight excluding hydrogens is 211 g/mol. The van der Waals surface area contributed by atoms with Crippen LogP contribution in [0.5, 0.6) is 0 Å². The zero-order valence-electron chi connectivity index (χ0n) is 7.78. The van der Waals surface area contributed by atoms with Crippen LogP contribution >= 0.6 is 17.1 Å². The van der Waals surface area contributed by atoms with E-state index in [9.17, 15) is 0 Å². The Balaban J connectivity index is 3.83. The lowest BCUT2D eigenvalue weighted by molar-refractivity contribution is 0.382. The van der Waals surface area contributed by atoms with Crippen LogP contribution in [0.1, 0.15) is 33.6 Å². The van der Waals surface area contributed by atoms with Gasteiger partial charge in [0.05, 0.1) is 0 Å². The van der Waals surface area contributed by atoms with Crippen molar-refractivity contribution >= 4 is 28.9 Å². The first kappa shape index (κ1) is 12.9. The first-order chi connectivity index (χ1) is 5.27. The zero-order chi connectivity index (χ0) is 9.83. The number of hydrogen-bond acceptors (Lipinski definition) is 2. The molecule has 0 fully saturated rings. The third kappa shape index (κ3) is 7.56. The molecule has 0 amide bonds. The normalized spacial score (nSPS) is 13.4. The Morgan fingerprint density at radius 3 is 2.25 bits per heavy atom. The summed E-state index contributed by atoms with van der Waals surface area (Å²) in [7, 11) is 0. The van der Waals surface area contributed by atoms with Crippen molar-refractivity contribution in [1.82, 2.24) is 0 Å². The van der Waals surface area contributed by atoms with E-state index in [1.807, 2.05) is 0 Å². The summed E-state index contributed by atoms with van der Waals surface area (Å²) < 4.78 is 0. The van der Waals surface area contributed by atoms with Crippen LogP contribution in [-0.2, 0) is 11.8 Å². The van der Waals surface area contributed by atoms with Gasteiger partial charge in [-0.2, -0.15) is 0 Å². The van der Waals surface area contributed by atoms with E-state index < -0.39 is 5.69 Å². The molecule has 0 heterocycles. The van der Waals surface area contributed by atoms with Gasteiger partial charge >= 0.3 is 0 Å². The van der Waals surface area contributed by atoms with Crippen LogP contribution in [0.25, 0.3) is 0 Å². The van der Waals surface area contributed by atoms with Crippen molar-refractivity contribution in [2.75, 3.05) is 5.75 Å². The lowest BCUT2D eigenvalue weighted by Gasteiger charge is -2.24. The minimum atomic E-state index is -3.04. The average molecular weight is 228 g/mol. The molecule has 0 aromatic rings. The van der Waals surface area contributed by atoms with Crippen LogP contribution in [0, 0.1) is 5.41 Å². The van der Waals surface area contributed by atoms with Crippen molar-refractivity contribution < 1.29 is 9.79 Å². The third-order valence-corrected chi connectivity index (χ3v) is 5.14. The molecule has 0 aromatic carbocycles. The largest absolute Gasteiger partial charge is 0.338 e. The second kappa shape index (κ2) is 4.97. The maximum Gasteiger partial charge on any atom is 0.242 e. The smallest absolute Gasteiger partial charge is 0.242 e. The Labute approximate surface area is 83.7 Å². The highest BCUT2D eigenvalue weighted by atomic mass is 32.9. The quantitative estimate of drug-likeness (QED) is 0.710. The van der Waals surface area contributed by atoms with Crippen molar-refractivity contribution in [2.24, 2.45) is 5.41 Å². The monoisotopic (exact) mass is 228 g/mol. The molecule has 12 heavy (non-hydrogen) atoms. The molecule has 74 valence electrons. The summed E-state index contributed by atoms with van der Waals surface area (Å²) in [6.45, 7) is 6.36. The minimum Gasteiger partial charge on any atom is -0.338 e. The van der Waals surface area contributed by atoms with Crippen molar-refractivity contribution in [3.8, 4) is 0 Å². The van der Waals surface area contributed by atoms with Crippen LogP contribution in [0.4, 0.5) is 0 Å². The van der Waals surface area contributed by atoms with Gasteiger partial charge in [-0.3, -0.25) is 0 Å². The summed E-state index contributed by atoms with van der Waals surface area (Å²) in [5.74, 6) is 0.727. The van der Waals surface area contributed by atoms with Gasteiger partial charge in [0.15, 0.2) is 0 Å². The average Bonchev–Trinajstić information content (AvgIpc) is 1.83. The minimum absolute atomic E-state index is 0.162. The molecule has 0 aliphatic carbocycles. The predicted octanol–water partition coefficient (Wildman–Crippen LogP) is 2.76. The third-order valence-electron chi connectivity index (χ3n) is 1.55. The highest BCUT2D eigenvalue weighted by molar-refractivity contribution is 8.67. The van der Waals surface area contributed by atoms with Gasteiger partial charge < -0.3 is 9.79 Å². The van der Waals surface area contributed by atoms with E-state index in [1.54, 1.807) is 0 Å². The van der Waals surface area contributed by atoms with E-state index in [2.05, 4.69) is 32.6 Å². The van der Waals surface area contributed by atoms with Gasteiger partial charge in [0.1, 0.15) is 0 Å². The summed E-state index contributed by atoms with van der Waals surface area (Å²) in [6, 6.07) is 0. The predicted molar refractivity (Wildman–Crippen MR) is 59.9 cm³/mol. The van der Waals surface area contributed by atoms with Gasteiger partial charge in [-0.25, -0.2) is 0 Å². The van der Waals surface area contributed by atoms with E-state index in [1.165, 1.54) is 0 Å². The van der Waals surface area contributed by atoms with Crippen LogP contribution in [0.2, 0.25) is 0 Å². The summed E-state index contributed by atoms with van der Waals surface area (Å²) in [5.41, 5.74) is -2.87. The van der Waals surface area contributed by atoms with Gasteiger partial charge in [-0.1, -0.05) is 38.6 Å². The zero-order valence-corrected chi connectivity index (χ0v) is 10.3. The van der Waals surface area contributed by atoms with E-state index >= 15 is 0 Å². The standard InChI is InChI=1S/C7H17O2PS2/c1-4-5-7(2,3)6-12-10(8,9)11/h4-6H2,1-3H3,(H2,8,9,11). The molecule has 0 atom stereocenters. The van der Waals surface area contributed by atoms with Crippen LogP contribution < -0.4 is 0 Å². The molecule has 0 saturated heterocycles. The topological polar surface area (TPSA) is 40.5 Å². The second-order valence-corrected chi connectivity index (χ2v) is 9.73. The first-order valence-electron chi connectivity index (χ1n) is 3.97. The van der Waals surface area contributed by atoms with Gasteiger partial charge in [0.25, 0.3) is 0 Å². The lowest BCUT2D eigenvalue weighted by Crippen LogP contribution is -2.13. The molecule has 2 nitrogen and oxygen atoms in total. The van der Waals surface area contributed by atoms with Gasteiger partial charge in [0, 0.05) is 5.75 Å². The summed E-state index contributed by atoms with van der Waals surface area (Å²) in [6.07, 6.45) is 2.21. The van der Waals surface area contributed by atoms with Gasteiger partial charge in [-0.05, 0) is 23.6 Å². The molecule has 0 aromatic heterocycles. The molecule has 0 radical (unpaired) electrons. The fourth-order valence-corrected chi connectivity index (χ4v) is 3.70. The van der Waals surface area contributed by atoms with Crippen molar-refractivity contribution in [2.45, 2.75) is 33.6 Å². The molecule has 0 rings (SSSR count). The molecule has 5 heteroatoms. The highest BCUT2D eigenvalue weighted by Crippen LogP contribution is 2.53. The Bertz CT molecular complexity index is 176. The van der Waals surface area contributed by atoms with Crippen LogP contribution in [-0.4, -0.2) is 15.5 Å². The Morgan fingerprint density at radius 2 is 1.92 bits per heavy atom. The Kier molecular flexibility index (Phi) is 5.35. The SMILES string of the molecule is CCCC(C)(C)CSP(O)(O)=S. The summed E-state index contributed by atoms with van der Waals surface area (Å²) in [4.78, 5) is 18.0. The van der Waals surface area contributed by atoms with Gasteiger partial charge in [-0.15, -0.1) is 0 Å². The first-order valence-corrected chi connectivity index (χ1v) is 8.27. The van der Waals surface area contributed by atoms with Crippen molar-refractivity contribution in [3.63, 3.8) is 0 Å². The summed E-state index contributed by atoms with van der Waals surface area (Å²) >= 11 is 5.64. The molecule has 0 unspecified atom stereocenters. The van der Waals surface area contributed by atoms with E-state index in [0.717, 1.165) is 30.0 Å². The van der Waals surface area contributed by atoms with E-state index in [0.29, 0.717) is 0 Å². The fraction of sp³-hybridized carbons (Fsp3) is 1.00. The van der Waals surface area contributed by atoms with E-state index in [4.69, 9.17) is 9.79 Å². The van der Waals surface area contributed by atoms with Crippen molar-refractivity contribution in [3.05, 3.63) is 0 Å². The Hall–Kier alpha value is 0.920. The lowest BCUT2D eigenvalue weighted by atomic mass is 9.91. The second-order valence-electron chi connectivity index (χ2n) is 3.68. The van der Waals surface area contributed by atoms with Crippen LogP contribution in [0.15, 0.2) is 0 Å². The fourth-order valence-electron chi connectivity index (χ4n) is 1.01. The highest BCUT2D eigenvalue weighted by Gasteiger charge is 2.20. The summed E-state index contributed by atoms with van der Waals surface area (Å²) in [5, 5.41) is 0. The molecule has 0 aliphatic heterocycles. The molecule has 0 bridgehead atoms. The molecular formula is C7H17O2PS2. The van der Waals surface area contributed by atoms with Gasteiger partial charge in [0.2, 0.25) is 5.69 Å². The maximum atomic E-state index is 8.99. The molecule has 0 saturated carbocycles. The number of rotatable bonds is 5. The number of hydrogen-bond donors (Lipinski definition) is 2.